The first-order valence-electron chi connectivity index (χ1n) is 7.03. The van der Waals surface area contributed by atoms with Crippen molar-refractivity contribution in [3.63, 3.8) is 0 Å². The van der Waals surface area contributed by atoms with Gasteiger partial charge in [-0.05, 0) is 36.4 Å². The minimum atomic E-state index is 0.772. The largest absolute Gasteiger partial charge is 0.247 e. The molecule has 2 heteroatoms. The molecule has 0 aliphatic rings. The third-order valence-electron chi connectivity index (χ3n) is 4.30. The van der Waals surface area contributed by atoms with Crippen molar-refractivity contribution in [3.05, 3.63) is 64.7 Å². The summed E-state index contributed by atoms with van der Waals surface area (Å²) in [5.41, 5.74) is 4.37. The van der Waals surface area contributed by atoms with Crippen molar-refractivity contribution in [2.24, 2.45) is 0 Å². The van der Waals surface area contributed by atoms with E-state index in [4.69, 9.17) is 16.6 Å². The van der Waals surface area contributed by atoms with Gasteiger partial charge in [-0.1, -0.05) is 54.1 Å². The summed E-state index contributed by atoms with van der Waals surface area (Å²) in [6.45, 7) is 4.20. The number of benzene rings is 3. The van der Waals surface area contributed by atoms with Gasteiger partial charge in [0.05, 0.1) is 11.0 Å². The van der Waals surface area contributed by atoms with Crippen LogP contribution in [0.4, 0.5) is 0 Å². The molecule has 0 aliphatic heterocycles. The Hall–Kier alpha value is -2.12. The SMILES string of the molecule is Cc1c2ccc(Cl)c(C)c2nc2c1ccc1ccccc12. The first-order valence-corrected chi connectivity index (χ1v) is 7.41. The number of hydrogen-bond donors (Lipinski definition) is 0. The quantitative estimate of drug-likeness (QED) is 0.294. The fourth-order valence-corrected chi connectivity index (χ4v) is 3.21. The highest BCUT2D eigenvalue weighted by Gasteiger charge is 2.11. The molecule has 0 fully saturated rings. The average Bonchev–Trinajstić information content (AvgIpc) is 2.51. The molecule has 1 aromatic heterocycles. The predicted molar refractivity (Wildman–Crippen MR) is 91.2 cm³/mol. The fourth-order valence-electron chi connectivity index (χ4n) is 3.06. The zero-order chi connectivity index (χ0) is 14.6. The second-order valence-corrected chi connectivity index (χ2v) is 5.90. The topological polar surface area (TPSA) is 12.9 Å². The lowest BCUT2D eigenvalue weighted by atomic mass is 9.98. The van der Waals surface area contributed by atoms with Gasteiger partial charge in [0.1, 0.15) is 0 Å². The second kappa shape index (κ2) is 4.44. The number of hydrogen-bond acceptors (Lipinski definition) is 1. The number of rotatable bonds is 0. The molecule has 4 aromatic rings. The Balaban J connectivity index is 2.31. The van der Waals surface area contributed by atoms with Crippen LogP contribution in [-0.4, -0.2) is 4.98 Å². The molecule has 3 aromatic carbocycles. The summed E-state index contributed by atoms with van der Waals surface area (Å²) in [5.74, 6) is 0. The number of halogens is 1. The molecule has 0 spiro atoms. The van der Waals surface area contributed by atoms with Crippen LogP contribution in [0.15, 0.2) is 48.5 Å². The molecule has 0 saturated carbocycles. The average molecular weight is 292 g/mol. The van der Waals surface area contributed by atoms with E-state index in [1.807, 2.05) is 13.0 Å². The van der Waals surface area contributed by atoms with Crippen LogP contribution in [0.25, 0.3) is 32.6 Å². The van der Waals surface area contributed by atoms with E-state index in [1.54, 1.807) is 0 Å². The van der Waals surface area contributed by atoms with E-state index in [9.17, 15) is 0 Å². The van der Waals surface area contributed by atoms with Crippen molar-refractivity contribution in [2.45, 2.75) is 13.8 Å². The molecule has 102 valence electrons. The van der Waals surface area contributed by atoms with Crippen LogP contribution < -0.4 is 0 Å². The van der Waals surface area contributed by atoms with E-state index < -0.39 is 0 Å². The molecule has 0 amide bonds. The zero-order valence-corrected chi connectivity index (χ0v) is 12.7. The first-order chi connectivity index (χ1) is 10.2. The van der Waals surface area contributed by atoms with Crippen molar-refractivity contribution < 1.29 is 0 Å². The monoisotopic (exact) mass is 291 g/mol. The molecule has 0 bridgehead atoms. The lowest BCUT2D eigenvalue weighted by molar-refractivity contribution is 1.41. The zero-order valence-electron chi connectivity index (χ0n) is 11.9. The molecule has 1 heterocycles. The van der Waals surface area contributed by atoms with Gasteiger partial charge in [-0.3, -0.25) is 0 Å². The highest BCUT2D eigenvalue weighted by molar-refractivity contribution is 6.32. The first kappa shape index (κ1) is 12.6. The summed E-state index contributed by atoms with van der Waals surface area (Å²) >= 11 is 6.27. The van der Waals surface area contributed by atoms with Gasteiger partial charge in [0.15, 0.2) is 0 Å². The van der Waals surface area contributed by atoms with Gasteiger partial charge in [0, 0.05) is 21.2 Å². The number of nitrogens with zero attached hydrogens (tertiary/aromatic N) is 1. The van der Waals surface area contributed by atoms with Crippen molar-refractivity contribution in [2.75, 3.05) is 0 Å². The van der Waals surface area contributed by atoms with Crippen LogP contribution >= 0.6 is 11.6 Å². The van der Waals surface area contributed by atoms with Crippen LogP contribution in [0.3, 0.4) is 0 Å². The van der Waals surface area contributed by atoms with Gasteiger partial charge in [-0.25, -0.2) is 4.98 Å². The summed E-state index contributed by atoms with van der Waals surface area (Å²) in [6.07, 6.45) is 0. The van der Waals surface area contributed by atoms with E-state index in [2.05, 4.69) is 49.4 Å². The normalized spacial score (nSPS) is 11.6. The maximum absolute atomic E-state index is 6.27. The van der Waals surface area contributed by atoms with Gasteiger partial charge < -0.3 is 0 Å². The number of aryl methyl sites for hydroxylation is 2. The summed E-state index contributed by atoms with van der Waals surface area (Å²) in [4.78, 5) is 4.94. The van der Waals surface area contributed by atoms with Crippen LogP contribution in [0.2, 0.25) is 5.02 Å². The Morgan fingerprint density at radius 1 is 0.714 bits per heavy atom. The molecule has 0 aliphatic carbocycles. The highest BCUT2D eigenvalue weighted by atomic mass is 35.5. The fraction of sp³-hybridized carbons (Fsp3) is 0.105. The van der Waals surface area contributed by atoms with Gasteiger partial charge in [0.2, 0.25) is 0 Å². The van der Waals surface area contributed by atoms with Crippen LogP contribution in [0.5, 0.6) is 0 Å². The van der Waals surface area contributed by atoms with E-state index >= 15 is 0 Å². The van der Waals surface area contributed by atoms with Crippen molar-refractivity contribution >= 4 is 44.2 Å². The number of aromatic nitrogens is 1. The Morgan fingerprint density at radius 2 is 1.43 bits per heavy atom. The molecule has 0 N–H and O–H groups in total. The molecule has 0 saturated heterocycles. The Labute approximate surface area is 128 Å². The maximum atomic E-state index is 6.27. The summed E-state index contributed by atoms with van der Waals surface area (Å²) in [7, 11) is 0. The molecular weight excluding hydrogens is 278 g/mol. The molecule has 0 unspecified atom stereocenters. The lowest BCUT2D eigenvalue weighted by Gasteiger charge is -2.11. The predicted octanol–water partition coefficient (Wildman–Crippen LogP) is 5.81. The van der Waals surface area contributed by atoms with Crippen LogP contribution in [0, 0.1) is 13.8 Å². The second-order valence-electron chi connectivity index (χ2n) is 5.49. The Bertz CT molecular complexity index is 1020. The van der Waals surface area contributed by atoms with Gasteiger partial charge in [-0.2, -0.15) is 0 Å². The minimum absolute atomic E-state index is 0.772. The van der Waals surface area contributed by atoms with Crippen molar-refractivity contribution in [1.82, 2.24) is 4.98 Å². The van der Waals surface area contributed by atoms with Gasteiger partial charge >= 0.3 is 0 Å². The molecule has 4 rings (SSSR count). The standard InChI is InChI=1S/C19H14ClN/c1-11-14-9-10-17(20)12(2)18(14)21-19-15(11)8-7-13-5-3-4-6-16(13)19/h3-10H,1-2H3. The molecule has 0 atom stereocenters. The van der Waals surface area contributed by atoms with Crippen LogP contribution in [0.1, 0.15) is 11.1 Å². The minimum Gasteiger partial charge on any atom is -0.247 e. The van der Waals surface area contributed by atoms with Crippen molar-refractivity contribution in [3.8, 4) is 0 Å². The lowest BCUT2D eigenvalue weighted by Crippen LogP contribution is -1.92. The molecular formula is C19H14ClN. The smallest absolute Gasteiger partial charge is 0.0790 e. The van der Waals surface area contributed by atoms with E-state index in [1.165, 1.54) is 27.1 Å². The third-order valence-corrected chi connectivity index (χ3v) is 4.71. The van der Waals surface area contributed by atoms with Gasteiger partial charge in [0.25, 0.3) is 0 Å². The van der Waals surface area contributed by atoms with E-state index in [-0.39, 0.29) is 0 Å². The van der Waals surface area contributed by atoms with Crippen LogP contribution in [-0.2, 0) is 0 Å². The summed E-state index contributed by atoms with van der Waals surface area (Å²) < 4.78 is 0. The Morgan fingerprint density at radius 3 is 2.29 bits per heavy atom. The van der Waals surface area contributed by atoms with Gasteiger partial charge in [-0.15, -0.1) is 0 Å². The molecule has 0 radical (unpaired) electrons. The number of pyridine rings is 1. The molecule has 21 heavy (non-hydrogen) atoms. The van der Waals surface area contributed by atoms with Crippen molar-refractivity contribution in [1.29, 1.82) is 0 Å². The molecule has 1 nitrogen and oxygen atoms in total. The highest BCUT2D eigenvalue weighted by Crippen LogP contribution is 2.33. The van der Waals surface area contributed by atoms with E-state index in [0.717, 1.165) is 21.6 Å². The van der Waals surface area contributed by atoms with E-state index in [0.29, 0.717) is 0 Å². The maximum Gasteiger partial charge on any atom is 0.0790 e. The number of fused-ring (bicyclic) bond motifs is 4. The summed E-state index contributed by atoms with van der Waals surface area (Å²) in [5, 5.41) is 5.58. The third kappa shape index (κ3) is 1.74. The Kier molecular flexibility index (Phi) is 2.66. The summed E-state index contributed by atoms with van der Waals surface area (Å²) in [6, 6.07) is 16.8.